The molecule has 9 heteroatoms. The fourth-order valence-electron chi connectivity index (χ4n) is 3.42. The number of rotatable bonds is 6. The smallest absolute Gasteiger partial charge is 0.269 e. The lowest BCUT2D eigenvalue weighted by Crippen LogP contribution is -2.37. The number of hydrogen-bond donors (Lipinski definition) is 3. The van der Waals surface area contributed by atoms with Gasteiger partial charge in [0, 0.05) is 44.3 Å². The number of nitrogens with two attached hydrogens (primary N) is 1. The Labute approximate surface area is 185 Å². The maximum atomic E-state index is 14.6. The topological polar surface area (TPSA) is 118 Å². The number of aromatic nitrogens is 1. The molecule has 0 aliphatic carbocycles. The molecule has 1 saturated heterocycles. The van der Waals surface area contributed by atoms with Gasteiger partial charge in [-0.15, -0.1) is 0 Å². The van der Waals surface area contributed by atoms with Gasteiger partial charge in [0.1, 0.15) is 5.82 Å². The summed E-state index contributed by atoms with van der Waals surface area (Å²) in [6.07, 6.45) is 0.197. The van der Waals surface area contributed by atoms with Crippen LogP contribution in [0, 0.1) is 17.7 Å². The molecule has 1 aliphatic rings. The second-order valence-corrected chi connectivity index (χ2v) is 7.74. The van der Waals surface area contributed by atoms with Crippen molar-refractivity contribution in [2.45, 2.75) is 25.0 Å². The molecule has 4 N–H and O–H groups in total. The summed E-state index contributed by atoms with van der Waals surface area (Å²) in [5.41, 5.74) is 4.79. The number of halogens is 1. The molecule has 2 heterocycles. The molecule has 0 unspecified atom stereocenters. The second-order valence-electron chi connectivity index (χ2n) is 7.74. The highest BCUT2D eigenvalue weighted by Crippen LogP contribution is 2.26. The molecule has 2 aromatic rings. The number of methoxy groups -OCH3 is 1. The number of primary amides is 1. The summed E-state index contributed by atoms with van der Waals surface area (Å²) in [6.45, 7) is 2.67. The lowest BCUT2D eigenvalue weighted by molar-refractivity contribution is -0.137. The Balaban J connectivity index is 1.95. The van der Waals surface area contributed by atoms with Gasteiger partial charge in [-0.05, 0) is 37.3 Å². The predicted molar refractivity (Wildman–Crippen MR) is 117 cm³/mol. The van der Waals surface area contributed by atoms with Gasteiger partial charge in [-0.1, -0.05) is 11.8 Å². The first kappa shape index (κ1) is 23.2. The van der Waals surface area contributed by atoms with Crippen molar-refractivity contribution in [3.8, 4) is 23.1 Å². The van der Waals surface area contributed by atoms with Crippen molar-refractivity contribution in [2.24, 2.45) is 5.73 Å². The normalized spacial score (nSPS) is 18.8. The SMILES string of the molecule is COC[C@@H](C)Nc1ccc(-c2cc(C#C[C@]3(O)CCN(C)C3=O)ccc2F)nc1C(N)=O. The van der Waals surface area contributed by atoms with Crippen LogP contribution in [0.2, 0.25) is 0 Å². The van der Waals surface area contributed by atoms with E-state index in [-0.39, 0.29) is 29.4 Å². The van der Waals surface area contributed by atoms with Crippen molar-refractivity contribution in [1.82, 2.24) is 9.88 Å². The number of likely N-dealkylation sites (tertiary alicyclic amines) is 1. The second kappa shape index (κ2) is 9.34. The number of carbonyl (C=O) groups is 2. The molecule has 2 amide bonds. The fourth-order valence-corrected chi connectivity index (χ4v) is 3.42. The van der Waals surface area contributed by atoms with Crippen LogP contribution >= 0.6 is 0 Å². The number of carbonyl (C=O) groups excluding carboxylic acids is 2. The van der Waals surface area contributed by atoms with Gasteiger partial charge < -0.3 is 25.8 Å². The Morgan fingerprint density at radius 1 is 1.44 bits per heavy atom. The van der Waals surface area contributed by atoms with E-state index in [1.807, 2.05) is 6.92 Å². The highest BCUT2D eigenvalue weighted by Gasteiger charge is 2.42. The maximum absolute atomic E-state index is 14.6. The number of amides is 2. The van der Waals surface area contributed by atoms with Crippen LogP contribution in [-0.2, 0) is 9.53 Å². The number of aliphatic hydroxyl groups is 1. The van der Waals surface area contributed by atoms with Gasteiger partial charge in [0.05, 0.1) is 18.0 Å². The molecule has 1 aromatic heterocycles. The standard InChI is InChI=1S/C23H25FN4O4/c1-14(13-32-3)26-19-7-6-18(27-20(19)21(25)29)16-12-15(4-5-17(16)24)8-9-23(31)10-11-28(2)22(23)30/h4-7,12,14,26,31H,10-11,13H2,1-3H3,(H2,25,29)/t14-,23+/m1/s1. The van der Waals surface area contributed by atoms with Gasteiger partial charge in [-0.25, -0.2) is 9.37 Å². The number of likely N-dealkylation sites (N-methyl/N-ethyl adjacent to an activating group) is 1. The highest BCUT2D eigenvalue weighted by atomic mass is 19.1. The van der Waals surface area contributed by atoms with Crippen molar-refractivity contribution in [1.29, 1.82) is 0 Å². The molecule has 3 rings (SSSR count). The fraction of sp³-hybridized carbons (Fsp3) is 0.348. The number of ether oxygens (including phenoxy) is 1. The van der Waals surface area contributed by atoms with Crippen molar-refractivity contribution in [3.05, 3.63) is 47.4 Å². The number of pyridine rings is 1. The van der Waals surface area contributed by atoms with Gasteiger partial charge in [0.25, 0.3) is 11.8 Å². The Bertz CT molecular complexity index is 1110. The third-order valence-electron chi connectivity index (χ3n) is 5.11. The van der Waals surface area contributed by atoms with E-state index in [9.17, 15) is 19.1 Å². The first-order valence-electron chi connectivity index (χ1n) is 10.0. The molecule has 1 aliphatic heterocycles. The molecule has 0 bridgehead atoms. The molecule has 0 saturated carbocycles. The van der Waals surface area contributed by atoms with E-state index in [0.717, 1.165) is 0 Å². The van der Waals surface area contributed by atoms with E-state index in [1.165, 1.54) is 23.1 Å². The number of hydrogen-bond acceptors (Lipinski definition) is 6. The molecule has 1 fully saturated rings. The summed E-state index contributed by atoms with van der Waals surface area (Å²) < 4.78 is 19.7. The number of anilines is 1. The molecule has 2 atom stereocenters. The monoisotopic (exact) mass is 440 g/mol. The minimum atomic E-state index is -1.76. The van der Waals surface area contributed by atoms with E-state index in [0.29, 0.717) is 24.4 Å². The van der Waals surface area contributed by atoms with E-state index >= 15 is 0 Å². The summed E-state index contributed by atoms with van der Waals surface area (Å²) in [7, 11) is 3.15. The minimum Gasteiger partial charge on any atom is -0.383 e. The molecule has 0 spiro atoms. The molecular formula is C23H25FN4O4. The number of benzene rings is 1. The summed E-state index contributed by atoms with van der Waals surface area (Å²) >= 11 is 0. The third-order valence-corrected chi connectivity index (χ3v) is 5.11. The number of nitrogens with one attached hydrogen (secondary N) is 1. The molecule has 32 heavy (non-hydrogen) atoms. The van der Waals surface area contributed by atoms with Crippen LogP contribution < -0.4 is 11.1 Å². The summed E-state index contributed by atoms with van der Waals surface area (Å²) in [5, 5.41) is 13.5. The van der Waals surface area contributed by atoms with Crippen molar-refractivity contribution >= 4 is 17.5 Å². The van der Waals surface area contributed by atoms with Crippen LogP contribution in [0.5, 0.6) is 0 Å². The van der Waals surface area contributed by atoms with Crippen molar-refractivity contribution in [3.63, 3.8) is 0 Å². The van der Waals surface area contributed by atoms with Crippen LogP contribution in [0.15, 0.2) is 30.3 Å². The van der Waals surface area contributed by atoms with Crippen LogP contribution in [0.3, 0.4) is 0 Å². The largest absolute Gasteiger partial charge is 0.383 e. The summed E-state index contributed by atoms with van der Waals surface area (Å²) in [6, 6.07) is 7.15. The first-order chi connectivity index (χ1) is 15.1. The van der Waals surface area contributed by atoms with Gasteiger partial charge in [0.2, 0.25) is 5.60 Å². The zero-order valence-corrected chi connectivity index (χ0v) is 18.1. The lowest BCUT2D eigenvalue weighted by Gasteiger charge is -2.16. The van der Waals surface area contributed by atoms with Gasteiger partial charge >= 0.3 is 0 Å². The Kier molecular flexibility index (Phi) is 6.77. The Hall–Kier alpha value is -3.48. The quantitative estimate of drug-likeness (QED) is 0.584. The minimum absolute atomic E-state index is 0.0322. The van der Waals surface area contributed by atoms with Gasteiger partial charge in [-0.2, -0.15) is 0 Å². The van der Waals surface area contributed by atoms with E-state index in [2.05, 4.69) is 22.1 Å². The zero-order valence-electron chi connectivity index (χ0n) is 18.1. The van der Waals surface area contributed by atoms with Gasteiger partial charge in [-0.3, -0.25) is 9.59 Å². The third kappa shape index (κ3) is 4.88. The van der Waals surface area contributed by atoms with E-state index in [1.54, 1.807) is 26.3 Å². The van der Waals surface area contributed by atoms with Crippen LogP contribution in [-0.4, -0.2) is 65.8 Å². The van der Waals surface area contributed by atoms with E-state index < -0.39 is 23.2 Å². The molecule has 0 radical (unpaired) electrons. The van der Waals surface area contributed by atoms with Crippen LogP contribution in [0.4, 0.5) is 10.1 Å². The maximum Gasteiger partial charge on any atom is 0.269 e. The van der Waals surface area contributed by atoms with Crippen LogP contribution in [0.1, 0.15) is 29.4 Å². The average Bonchev–Trinajstić information content (AvgIpc) is 3.01. The molecule has 8 nitrogen and oxygen atoms in total. The number of nitrogens with zero attached hydrogens (tertiary/aromatic N) is 2. The predicted octanol–water partition coefficient (Wildman–Crippen LogP) is 1.38. The van der Waals surface area contributed by atoms with Crippen molar-refractivity contribution < 1.29 is 23.8 Å². The van der Waals surface area contributed by atoms with E-state index in [4.69, 9.17) is 10.5 Å². The Morgan fingerprint density at radius 3 is 2.81 bits per heavy atom. The molecule has 1 aromatic carbocycles. The highest BCUT2D eigenvalue weighted by molar-refractivity contribution is 5.97. The molecule has 168 valence electrons. The zero-order chi connectivity index (χ0) is 23.5. The summed E-state index contributed by atoms with van der Waals surface area (Å²) in [5.74, 6) is 3.55. The molecular weight excluding hydrogens is 415 g/mol. The Morgan fingerprint density at radius 2 is 2.19 bits per heavy atom. The first-order valence-corrected chi connectivity index (χ1v) is 10.0. The average molecular weight is 440 g/mol. The summed E-state index contributed by atoms with van der Waals surface area (Å²) in [4.78, 5) is 29.7. The van der Waals surface area contributed by atoms with Crippen LogP contribution in [0.25, 0.3) is 11.3 Å². The lowest BCUT2D eigenvalue weighted by atomic mass is 10.0. The van der Waals surface area contributed by atoms with Crippen molar-refractivity contribution in [2.75, 3.05) is 32.6 Å². The van der Waals surface area contributed by atoms with Gasteiger partial charge in [0.15, 0.2) is 5.69 Å².